The summed E-state index contributed by atoms with van der Waals surface area (Å²) >= 11 is 0. The summed E-state index contributed by atoms with van der Waals surface area (Å²) in [5.74, 6) is -1.54. The van der Waals surface area contributed by atoms with Gasteiger partial charge in [-0.2, -0.15) is 0 Å². The first-order valence-corrected chi connectivity index (χ1v) is 6.45. The molecule has 0 saturated carbocycles. The molecule has 0 spiro atoms. The van der Waals surface area contributed by atoms with Crippen LogP contribution in [-0.4, -0.2) is 23.7 Å². The second kappa shape index (κ2) is 7.47. The minimum Gasteiger partial charge on any atom is -0.481 e. The number of nitrogens with one attached hydrogen (secondary N) is 2. The van der Waals surface area contributed by atoms with Crippen LogP contribution < -0.4 is 10.6 Å². The summed E-state index contributed by atoms with van der Waals surface area (Å²) < 4.78 is 13.5. The standard InChI is InChI=1S/C14H19FN2O3/c1-3-10(7-12(18)19)8-16-14(20)17-13-9(2)5-4-6-11(13)15/h4-6,10H,3,7-8H2,1-2H3,(H,18,19)(H2,16,17,20). The van der Waals surface area contributed by atoms with Crippen LogP contribution in [0.4, 0.5) is 14.9 Å². The molecule has 1 aromatic carbocycles. The molecule has 0 aliphatic heterocycles. The zero-order valence-electron chi connectivity index (χ0n) is 11.6. The highest BCUT2D eigenvalue weighted by molar-refractivity contribution is 5.90. The van der Waals surface area contributed by atoms with E-state index < -0.39 is 17.8 Å². The van der Waals surface area contributed by atoms with Crippen LogP contribution in [0.25, 0.3) is 0 Å². The summed E-state index contributed by atoms with van der Waals surface area (Å²) in [5.41, 5.74) is 0.758. The lowest BCUT2D eigenvalue weighted by Gasteiger charge is -2.15. The number of anilines is 1. The zero-order valence-corrected chi connectivity index (χ0v) is 11.6. The van der Waals surface area contributed by atoms with Crippen molar-refractivity contribution in [1.82, 2.24) is 5.32 Å². The maximum absolute atomic E-state index is 13.5. The molecule has 3 N–H and O–H groups in total. The van der Waals surface area contributed by atoms with Crippen molar-refractivity contribution in [3.8, 4) is 0 Å². The number of halogens is 1. The smallest absolute Gasteiger partial charge is 0.319 e. The molecule has 110 valence electrons. The number of aryl methyl sites for hydroxylation is 1. The number of hydrogen-bond donors (Lipinski definition) is 3. The van der Waals surface area contributed by atoms with Crippen LogP contribution in [0.3, 0.4) is 0 Å². The van der Waals surface area contributed by atoms with Crippen LogP contribution in [0.5, 0.6) is 0 Å². The highest BCUT2D eigenvalue weighted by Crippen LogP contribution is 2.18. The lowest BCUT2D eigenvalue weighted by molar-refractivity contribution is -0.138. The molecule has 6 heteroatoms. The Morgan fingerprint density at radius 2 is 2.10 bits per heavy atom. The Bertz CT molecular complexity index is 471. The van der Waals surface area contributed by atoms with Crippen molar-refractivity contribution in [1.29, 1.82) is 0 Å². The Morgan fingerprint density at radius 3 is 2.65 bits per heavy atom. The van der Waals surface area contributed by atoms with Crippen molar-refractivity contribution in [2.75, 3.05) is 11.9 Å². The number of benzene rings is 1. The zero-order chi connectivity index (χ0) is 15.1. The molecule has 0 radical (unpaired) electrons. The van der Waals surface area contributed by atoms with Crippen molar-refractivity contribution < 1.29 is 19.1 Å². The van der Waals surface area contributed by atoms with Crippen molar-refractivity contribution in [3.05, 3.63) is 29.6 Å². The van der Waals surface area contributed by atoms with E-state index in [4.69, 9.17) is 5.11 Å². The summed E-state index contributed by atoms with van der Waals surface area (Å²) in [6.45, 7) is 3.79. The molecule has 0 aliphatic carbocycles. The molecular weight excluding hydrogens is 263 g/mol. The molecule has 0 heterocycles. The van der Waals surface area contributed by atoms with Gasteiger partial charge in [-0.25, -0.2) is 9.18 Å². The fourth-order valence-electron chi connectivity index (χ4n) is 1.79. The van der Waals surface area contributed by atoms with E-state index in [1.54, 1.807) is 19.1 Å². The third kappa shape index (κ3) is 4.87. The van der Waals surface area contributed by atoms with E-state index in [-0.39, 0.29) is 24.6 Å². The number of urea groups is 1. The number of para-hydroxylation sites is 1. The molecule has 1 aromatic rings. The fraction of sp³-hybridized carbons (Fsp3) is 0.429. The topological polar surface area (TPSA) is 78.4 Å². The average Bonchev–Trinajstić information content (AvgIpc) is 2.38. The second-order valence-corrected chi connectivity index (χ2v) is 4.64. The van der Waals surface area contributed by atoms with Gasteiger partial charge in [0.25, 0.3) is 0 Å². The van der Waals surface area contributed by atoms with Gasteiger partial charge in [-0.1, -0.05) is 25.5 Å². The largest absolute Gasteiger partial charge is 0.481 e. The number of carbonyl (C=O) groups is 2. The van der Waals surface area contributed by atoms with Gasteiger partial charge in [0, 0.05) is 13.0 Å². The van der Waals surface area contributed by atoms with Gasteiger partial charge in [0.15, 0.2) is 0 Å². The van der Waals surface area contributed by atoms with E-state index >= 15 is 0 Å². The number of rotatable bonds is 6. The Hall–Kier alpha value is -2.11. The minimum atomic E-state index is -0.899. The molecule has 1 rings (SSSR count). The van der Waals surface area contributed by atoms with Gasteiger partial charge in [-0.05, 0) is 24.5 Å². The maximum Gasteiger partial charge on any atom is 0.319 e. The SMILES string of the molecule is CCC(CNC(=O)Nc1c(C)cccc1F)CC(=O)O. The number of hydrogen-bond acceptors (Lipinski definition) is 2. The molecule has 1 atom stereocenters. The van der Waals surface area contributed by atoms with E-state index in [1.807, 2.05) is 6.92 Å². The van der Waals surface area contributed by atoms with Crippen molar-refractivity contribution >= 4 is 17.7 Å². The van der Waals surface area contributed by atoms with Gasteiger partial charge in [-0.3, -0.25) is 4.79 Å². The van der Waals surface area contributed by atoms with E-state index in [0.717, 1.165) is 0 Å². The van der Waals surface area contributed by atoms with Gasteiger partial charge >= 0.3 is 12.0 Å². The minimum absolute atomic E-state index is 0.00446. The normalized spacial score (nSPS) is 11.8. The van der Waals surface area contributed by atoms with E-state index in [9.17, 15) is 14.0 Å². The summed E-state index contributed by atoms with van der Waals surface area (Å²) in [5, 5.41) is 13.7. The molecule has 1 unspecified atom stereocenters. The van der Waals surface area contributed by atoms with Gasteiger partial charge in [0.2, 0.25) is 0 Å². The fourth-order valence-corrected chi connectivity index (χ4v) is 1.79. The van der Waals surface area contributed by atoms with Crippen LogP contribution in [0.2, 0.25) is 0 Å². The third-order valence-corrected chi connectivity index (χ3v) is 3.05. The molecular formula is C14H19FN2O3. The number of aliphatic carboxylic acids is 1. The predicted octanol–water partition coefficient (Wildman–Crippen LogP) is 2.76. The summed E-state index contributed by atoms with van der Waals surface area (Å²) in [4.78, 5) is 22.3. The van der Waals surface area contributed by atoms with Crippen LogP contribution in [0.15, 0.2) is 18.2 Å². The Morgan fingerprint density at radius 1 is 1.40 bits per heavy atom. The molecule has 2 amide bonds. The maximum atomic E-state index is 13.5. The second-order valence-electron chi connectivity index (χ2n) is 4.64. The van der Waals surface area contributed by atoms with Crippen LogP contribution >= 0.6 is 0 Å². The molecule has 0 aliphatic rings. The van der Waals surface area contributed by atoms with E-state index in [1.165, 1.54) is 6.07 Å². The first kappa shape index (κ1) is 15.9. The Kier molecular flexibility index (Phi) is 5.96. The molecule has 0 saturated heterocycles. The lowest BCUT2D eigenvalue weighted by Crippen LogP contribution is -2.34. The van der Waals surface area contributed by atoms with Crippen molar-refractivity contribution in [2.24, 2.45) is 5.92 Å². The van der Waals surface area contributed by atoms with Gasteiger partial charge in [-0.15, -0.1) is 0 Å². The van der Waals surface area contributed by atoms with Crippen LogP contribution in [0.1, 0.15) is 25.3 Å². The first-order chi connectivity index (χ1) is 9.43. The molecule has 0 aromatic heterocycles. The number of carboxylic acid groups (broad SMARTS) is 1. The first-order valence-electron chi connectivity index (χ1n) is 6.45. The Labute approximate surface area is 117 Å². The van der Waals surface area contributed by atoms with Gasteiger partial charge in [0.05, 0.1) is 5.69 Å². The van der Waals surface area contributed by atoms with Crippen molar-refractivity contribution in [3.63, 3.8) is 0 Å². The van der Waals surface area contributed by atoms with E-state index in [0.29, 0.717) is 12.0 Å². The van der Waals surface area contributed by atoms with Crippen LogP contribution in [0, 0.1) is 18.7 Å². The number of carbonyl (C=O) groups excluding carboxylic acids is 1. The van der Waals surface area contributed by atoms with Gasteiger partial charge < -0.3 is 15.7 Å². The monoisotopic (exact) mass is 282 g/mol. The average molecular weight is 282 g/mol. The summed E-state index contributed by atoms with van der Waals surface area (Å²) in [6.07, 6.45) is 0.640. The number of amides is 2. The molecule has 0 bridgehead atoms. The van der Waals surface area contributed by atoms with Gasteiger partial charge in [0.1, 0.15) is 5.82 Å². The highest BCUT2D eigenvalue weighted by Gasteiger charge is 2.14. The molecule has 0 fully saturated rings. The van der Waals surface area contributed by atoms with Crippen molar-refractivity contribution in [2.45, 2.75) is 26.7 Å². The predicted molar refractivity (Wildman–Crippen MR) is 74.2 cm³/mol. The summed E-state index contributed by atoms with van der Waals surface area (Å²) in [6, 6.07) is 3.98. The molecule has 20 heavy (non-hydrogen) atoms. The lowest BCUT2D eigenvalue weighted by atomic mass is 10.0. The highest BCUT2D eigenvalue weighted by atomic mass is 19.1. The third-order valence-electron chi connectivity index (χ3n) is 3.05. The molecule has 5 nitrogen and oxygen atoms in total. The quantitative estimate of drug-likeness (QED) is 0.750. The summed E-state index contributed by atoms with van der Waals surface area (Å²) in [7, 11) is 0. The number of carboxylic acids is 1. The van der Waals surface area contributed by atoms with E-state index in [2.05, 4.69) is 10.6 Å². The Balaban J connectivity index is 2.53. The van der Waals surface area contributed by atoms with Crippen LogP contribution in [-0.2, 0) is 4.79 Å².